The highest BCUT2D eigenvalue weighted by Gasteiger charge is 2.22. The molecule has 0 aliphatic carbocycles. The number of benzene rings is 7. The molecule has 0 atom stereocenters. The van der Waals surface area contributed by atoms with Crippen molar-refractivity contribution in [2.24, 2.45) is 0 Å². The van der Waals surface area contributed by atoms with E-state index >= 15 is 0 Å². The van der Waals surface area contributed by atoms with Gasteiger partial charge in [0, 0.05) is 21.9 Å². The normalized spacial score (nSPS) is 15.0. The molecule has 0 radical (unpaired) electrons. The van der Waals surface area contributed by atoms with E-state index in [0.717, 1.165) is 11.1 Å². The molecule has 0 aliphatic rings. The fraction of sp³-hybridized carbons (Fsp3) is 0. The third kappa shape index (κ3) is 5.16. The smallest absolute Gasteiger partial charge is 0.166 e. The van der Waals surface area contributed by atoms with E-state index in [-0.39, 0.29) is 56.1 Å². The first kappa shape index (κ1) is 18.0. The molecule has 4 nitrogen and oxygen atoms in total. The Bertz CT molecular complexity index is 3230. The van der Waals surface area contributed by atoms with Gasteiger partial charge in [-0.05, 0) is 46.5 Å². The van der Waals surface area contributed by atoms with Crippen LogP contribution in [0, 0.1) is 0 Å². The zero-order valence-electron chi connectivity index (χ0n) is 38.6. The molecule has 2 heterocycles. The van der Waals surface area contributed by atoms with Gasteiger partial charge in [0.15, 0.2) is 17.5 Å². The second kappa shape index (κ2) is 12.2. The van der Waals surface area contributed by atoms with Gasteiger partial charge in [0.25, 0.3) is 0 Å². The van der Waals surface area contributed by atoms with E-state index in [2.05, 4.69) is 4.98 Å². The maximum Gasteiger partial charge on any atom is 0.166 e. The summed E-state index contributed by atoms with van der Waals surface area (Å²) in [6.07, 6.45) is 0. The molecule has 49 heavy (non-hydrogen) atoms. The second-order valence-electron chi connectivity index (χ2n) is 11.1. The Morgan fingerprint density at radius 3 is 1.63 bits per heavy atom. The fourth-order valence-electron chi connectivity index (χ4n) is 6.04. The van der Waals surface area contributed by atoms with Gasteiger partial charge in [0.05, 0.1) is 40.1 Å². The minimum absolute atomic E-state index is 0.0715. The van der Waals surface area contributed by atoms with Crippen molar-refractivity contribution in [3.8, 4) is 62.1 Å². The van der Waals surface area contributed by atoms with Crippen LogP contribution < -0.4 is 0 Å². The molecule has 0 amide bonds. The van der Waals surface area contributed by atoms with Gasteiger partial charge < -0.3 is 4.57 Å². The van der Waals surface area contributed by atoms with Crippen molar-refractivity contribution in [3.63, 3.8) is 0 Å². The number of para-hydroxylation sites is 2. The van der Waals surface area contributed by atoms with Gasteiger partial charge in [-0.1, -0.05) is 157 Å². The Morgan fingerprint density at radius 2 is 0.939 bits per heavy atom. The lowest BCUT2D eigenvalue weighted by Gasteiger charge is -2.18. The Balaban J connectivity index is 1.50. The molecule has 0 bridgehead atoms. The third-order valence-electron chi connectivity index (χ3n) is 8.21. The highest BCUT2D eigenvalue weighted by Crippen LogP contribution is 2.41. The molecule has 9 aromatic rings. The van der Waals surface area contributed by atoms with Crippen LogP contribution in [-0.4, -0.2) is 19.5 Å². The Hall–Kier alpha value is -6.65. The van der Waals surface area contributed by atoms with E-state index in [9.17, 15) is 2.74 Å². The van der Waals surface area contributed by atoms with Gasteiger partial charge in [-0.3, -0.25) is 0 Å². The summed E-state index contributed by atoms with van der Waals surface area (Å²) in [5, 5.41) is -0.248. The molecule has 230 valence electrons. The molecule has 0 N–H and O–H groups in total. The van der Waals surface area contributed by atoms with E-state index in [1.54, 1.807) is 48.5 Å². The number of nitrogens with zero attached hydrogens (tertiary/aromatic N) is 4. The van der Waals surface area contributed by atoms with Crippen molar-refractivity contribution in [1.29, 1.82) is 0 Å². The molecule has 0 saturated carbocycles. The summed E-state index contributed by atoms with van der Waals surface area (Å²) >= 11 is 0. The molecule has 2 aromatic heterocycles. The molecule has 0 unspecified atom stereocenters. The van der Waals surface area contributed by atoms with Crippen LogP contribution in [0.3, 0.4) is 0 Å². The van der Waals surface area contributed by atoms with Crippen LogP contribution in [0.1, 0.15) is 17.8 Å². The molecule has 0 spiro atoms. The zero-order valence-corrected chi connectivity index (χ0v) is 25.6. The van der Waals surface area contributed by atoms with E-state index in [0.29, 0.717) is 16.7 Å². The molecule has 0 aliphatic heterocycles. The van der Waals surface area contributed by atoms with Crippen molar-refractivity contribution >= 4 is 21.8 Å². The summed E-state index contributed by atoms with van der Waals surface area (Å²) in [4.78, 5) is 14.5. The summed E-state index contributed by atoms with van der Waals surface area (Å²) < 4.78 is 116. The van der Waals surface area contributed by atoms with Crippen LogP contribution >= 0.6 is 0 Å². The van der Waals surface area contributed by atoms with Gasteiger partial charge in [-0.15, -0.1) is 0 Å². The lowest BCUT2D eigenvalue weighted by Crippen LogP contribution is -2.05. The maximum atomic E-state index is 9.25. The topological polar surface area (TPSA) is 43.6 Å². The lowest BCUT2D eigenvalue weighted by molar-refractivity contribution is 1.06. The average Bonchev–Trinajstić information content (AvgIpc) is 3.67. The van der Waals surface area contributed by atoms with Crippen molar-refractivity contribution in [1.82, 2.24) is 19.5 Å². The minimum Gasteiger partial charge on any atom is -0.308 e. The van der Waals surface area contributed by atoms with Gasteiger partial charge in [-0.25, -0.2) is 15.0 Å². The van der Waals surface area contributed by atoms with Crippen LogP contribution in [0.4, 0.5) is 0 Å². The second-order valence-corrected chi connectivity index (χ2v) is 11.1. The highest BCUT2D eigenvalue weighted by molar-refractivity contribution is 6.10. The van der Waals surface area contributed by atoms with Crippen LogP contribution in [0.15, 0.2) is 182 Å². The first-order valence-corrected chi connectivity index (χ1v) is 15.4. The van der Waals surface area contributed by atoms with E-state index in [1.807, 2.05) is 54.6 Å². The first-order chi connectivity index (χ1) is 29.7. The van der Waals surface area contributed by atoms with Crippen molar-refractivity contribution in [3.05, 3.63) is 182 Å². The van der Waals surface area contributed by atoms with Gasteiger partial charge >= 0.3 is 0 Å². The van der Waals surface area contributed by atoms with Crippen molar-refractivity contribution in [2.75, 3.05) is 0 Å². The number of hydrogen-bond donors (Lipinski definition) is 0. The number of aromatic nitrogens is 4. The van der Waals surface area contributed by atoms with E-state index in [1.165, 1.54) is 4.57 Å². The fourth-order valence-corrected chi connectivity index (χ4v) is 6.04. The predicted molar refractivity (Wildman–Crippen MR) is 201 cm³/mol. The van der Waals surface area contributed by atoms with Crippen LogP contribution in [0.25, 0.3) is 83.9 Å². The molecule has 4 heteroatoms. The third-order valence-corrected chi connectivity index (χ3v) is 8.21. The molecular weight excluding hydrogens is 597 g/mol. The number of rotatable bonds is 6. The lowest BCUT2D eigenvalue weighted by atomic mass is 9.94. The summed E-state index contributed by atoms with van der Waals surface area (Å²) in [5.74, 6) is -0.258. The molecule has 0 fully saturated rings. The van der Waals surface area contributed by atoms with E-state index < -0.39 is 78.6 Å². The summed E-state index contributed by atoms with van der Waals surface area (Å²) in [6.45, 7) is 0. The van der Waals surface area contributed by atoms with Crippen molar-refractivity contribution < 1.29 is 17.8 Å². The number of hydrogen-bond acceptors (Lipinski definition) is 3. The standard InChI is InChI=1S/C45H30N4/c1-4-16-31(17-5-1)34-22-14-23-35(30-34)36-26-15-29-41(49-39-27-12-10-24-37(39)38-25-11-13-28-40(38)49)42(36)45-47-43(32-18-6-2-7-19-32)46-44(48-45)33-20-8-3-9-21-33/h1-30H/i2D,6D,7D,10D,11D,12D,13D,18D,19D,24D,25D,27D,28D. The minimum atomic E-state index is -0.604. The van der Waals surface area contributed by atoms with Gasteiger partial charge in [0.1, 0.15) is 0 Å². The van der Waals surface area contributed by atoms with E-state index in [4.69, 9.17) is 25.0 Å². The summed E-state index contributed by atoms with van der Waals surface area (Å²) in [6, 6.07) is 23.9. The Morgan fingerprint density at radius 1 is 0.408 bits per heavy atom. The van der Waals surface area contributed by atoms with Crippen LogP contribution in [0.5, 0.6) is 0 Å². The SMILES string of the molecule is [2H]c1c([2H])c([2H])c(-c2nc(-c3ccccc3)nc(-c3c(-c4cccc(-c5ccccc5)c4)cccc3-n3c4c([2H])c([2H])c([2H])c([2H])c4c4c([2H])c([2H])c([2H])c([2H])c43)n2)c([2H])c1[2H]. The molecule has 0 saturated heterocycles. The molecular formula is C45H30N4. The summed E-state index contributed by atoms with van der Waals surface area (Å²) in [5.41, 5.74) is 3.20. The Kier molecular flexibility index (Phi) is 4.48. The predicted octanol–water partition coefficient (Wildman–Crippen LogP) is 11.3. The quantitative estimate of drug-likeness (QED) is 0.182. The summed E-state index contributed by atoms with van der Waals surface area (Å²) in [7, 11) is 0. The average molecular weight is 640 g/mol. The van der Waals surface area contributed by atoms with Crippen LogP contribution in [-0.2, 0) is 0 Å². The van der Waals surface area contributed by atoms with Gasteiger partial charge in [0.2, 0.25) is 0 Å². The largest absolute Gasteiger partial charge is 0.308 e. The monoisotopic (exact) mass is 639 g/mol. The maximum absolute atomic E-state index is 9.25. The number of fused-ring (bicyclic) bond motifs is 3. The zero-order chi connectivity index (χ0) is 43.9. The molecule has 7 aromatic carbocycles. The first-order valence-electron chi connectivity index (χ1n) is 21.9. The Labute approximate surface area is 302 Å². The highest BCUT2D eigenvalue weighted by atomic mass is 15.1. The van der Waals surface area contributed by atoms with Gasteiger partial charge in [-0.2, -0.15) is 0 Å². The van der Waals surface area contributed by atoms with Crippen molar-refractivity contribution in [2.45, 2.75) is 0 Å². The van der Waals surface area contributed by atoms with Crippen LogP contribution in [0.2, 0.25) is 0 Å². The molecule has 9 rings (SSSR count).